The third kappa shape index (κ3) is 3.29. The third-order valence-corrected chi connectivity index (χ3v) is 4.78. The van der Waals surface area contributed by atoms with Crippen LogP contribution in [-0.4, -0.2) is 16.8 Å². The molecule has 1 N–H and O–H groups in total. The molecule has 3 aromatic carbocycles. The molecule has 0 spiro atoms. The lowest BCUT2D eigenvalue weighted by atomic mass is 9.95. The fraction of sp³-hybridized carbons (Fsp3) is 0.0435. The molecular formula is C23H15F2NO3. The van der Waals surface area contributed by atoms with Gasteiger partial charge in [0.2, 0.25) is 0 Å². The molecule has 1 amide bonds. The van der Waals surface area contributed by atoms with Gasteiger partial charge in [0, 0.05) is 11.3 Å². The zero-order chi connectivity index (χ0) is 20.5. The van der Waals surface area contributed by atoms with Gasteiger partial charge in [-0.3, -0.25) is 14.5 Å². The molecule has 6 heteroatoms. The summed E-state index contributed by atoms with van der Waals surface area (Å²) in [6, 6.07) is 17.8. The van der Waals surface area contributed by atoms with Crippen molar-refractivity contribution in [2.75, 3.05) is 4.90 Å². The van der Waals surface area contributed by atoms with E-state index in [2.05, 4.69) is 0 Å². The lowest BCUT2D eigenvalue weighted by Crippen LogP contribution is -2.29. The third-order valence-electron chi connectivity index (χ3n) is 4.78. The summed E-state index contributed by atoms with van der Waals surface area (Å²) in [5.74, 6) is -3.03. The quantitative estimate of drug-likeness (QED) is 0.404. The zero-order valence-corrected chi connectivity index (χ0v) is 15.0. The van der Waals surface area contributed by atoms with Gasteiger partial charge in [-0.2, -0.15) is 0 Å². The lowest BCUT2D eigenvalue weighted by Gasteiger charge is -2.25. The SMILES string of the molecule is O=C1C(=O)N(c2ccc(F)cc2)C(c2ccc(F)cc2)/C1=C(\O)c1ccccc1. The second-order valence-electron chi connectivity index (χ2n) is 6.56. The zero-order valence-electron chi connectivity index (χ0n) is 15.0. The second kappa shape index (κ2) is 7.31. The molecule has 0 aromatic heterocycles. The minimum atomic E-state index is -0.985. The van der Waals surface area contributed by atoms with Crippen molar-refractivity contribution in [2.45, 2.75) is 6.04 Å². The van der Waals surface area contributed by atoms with Crippen LogP contribution >= 0.6 is 0 Å². The Morgan fingerprint density at radius 2 is 1.34 bits per heavy atom. The average molecular weight is 391 g/mol. The van der Waals surface area contributed by atoms with Crippen molar-refractivity contribution in [2.24, 2.45) is 0 Å². The van der Waals surface area contributed by atoms with Gasteiger partial charge in [-0.25, -0.2) is 8.78 Å². The van der Waals surface area contributed by atoms with Crippen LogP contribution < -0.4 is 4.90 Å². The number of ketones is 1. The van der Waals surface area contributed by atoms with Crippen molar-refractivity contribution in [1.82, 2.24) is 0 Å². The number of hydrogen-bond donors (Lipinski definition) is 1. The van der Waals surface area contributed by atoms with Gasteiger partial charge in [0.1, 0.15) is 17.4 Å². The Kier molecular flexibility index (Phi) is 4.68. The number of halogens is 2. The van der Waals surface area contributed by atoms with Crippen molar-refractivity contribution in [3.05, 3.63) is 107 Å². The average Bonchev–Trinajstić information content (AvgIpc) is 3.00. The number of amides is 1. The molecule has 0 aliphatic carbocycles. The Labute approximate surface area is 165 Å². The smallest absolute Gasteiger partial charge is 0.300 e. The first-order chi connectivity index (χ1) is 14.0. The highest BCUT2D eigenvalue weighted by molar-refractivity contribution is 6.51. The fourth-order valence-electron chi connectivity index (χ4n) is 3.41. The second-order valence-corrected chi connectivity index (χ2v) is 6.56. The highest BCUT2D eigenvalue weighted by Crippen LogP contribution is 2.42. The van der Waals surface area contributed by atoms with Gasteiger partial charge >= 0.3 is 0 Å². The van der Waals surface area contributed by atoms with Crippen molar-refractivity contribution < 1.29 is 23.5 Å². The number of nitrogens with zero attached hydrogens (tertiary/aromatic N) is 1. The van der Waals surface area contributed by atoms with Gasteiger partial charge < -0.3 is 5.11 Å². The van der Waals surface area contributed by atoms with Crippen LogP contribution in [0.1, 0.15) is 17.2 Å². The van der Waals surface area contributed by atoms with E-state index in [0.29, 0.717) is 11.1 Å². The number of Topliss-reactive ketones (excluding diaryl/α,β-unsaturated/α-hetero) is 1. The van der Waals surface area contributed by atoms with E-state index < -0.39 is 29.4 Å². The molecule has 144 valence electrons. The van der Waals surface area contributed by atoms with Gasteiger partial charge in [-0.1, -0.05) is 42.5 Å². The molecule has 1 atom stereocenters. The normalized spacial score (nSPS) is 18.3. The van der Waals surface area contributed by atoms with Crippen LogP contribution in [0, 0.1) is 11.6 Å². The Hall–Kier alpha value is -3.80. The van der Waals surface area contributed by atoms with E-state index in [1.54, 1.807) is 30.3 Å². The van der Waals surface area contributed by atoms with Gasteiger partial charge in [-0.15, -0.1) is 0 Å². The molecule has 4 nitrogen and oxygen atoms in total. The summed E-state index contributed by atoms with van der Waals surface area (Å²) in [5, 5.41) is 10.8. The van der Waals surface area contributed by atoms with Gasteiger partial charge in [0.15, 0.2) is 0 Å². The minimum absolute atomic E-state index is 0.114. The van der Waals surface area contributed by atoms with Crippen LogP contribution in [0.5, 0.6) is 0 Å². The lowest BCUT2D eigenvalue weighted by molar-refractivity contribution is -0.132. The van der Waals surface area contributed by atoms with E-state index in [9.17, 15) is 23.5 Å². The van der Waals surface area contributed by atoms with E-state index in [4.69, 9.17) is 0 Å². The Morgan fingerprint density at radius 1 is 0.793 bits per heavy atom. The van der Waals surface area contributed by atoms with E-state index in [1.165, 1.54) is 53.4 Å². The number of benzene rings is 3. The maximum absolute atomic E-state index is 13.5. The molecule has 1 fully saturated rings. The Bertz CT molecular complexity index is 1110. The predicted octanol–water partition coefficient (Wildman–Crippen LogP) is 4.59. The first kappa shape index (κ1) is 18.6. The maximum atomic E-state index is 13.5. The number of anilines is 1. The van der Waals surface area contributed by atoms with Crippen molar-refractivity contribution >= 4 is 23.1 Å². The number of rotatable bonds is 3. The largest absolute Gasteiger partial charge is 0.507 e. The molecule has 0 saturated carbocycles. The fourth-order valence-corrected chi connectivity index (χ4v) is 3.41. The molecule has 1 heterocycles. The molecule has 4 rings (SSSR count). The summed E-state index contributed by atoms with van der Waals surface area (Å²) in [5.41, 5.74) is 0.983. The first-order valence-corrected chi connectivity index (χ1v) is 8.85. The summed E-state index contributed by atoms with van der Waals surface area (Å²) < 4.78 is 26.8. The number of hydrogen-bond acceptors (Lipinski definition) is 3. The highest BCUT2D eigenvalue weighted by atomic mass is 19.1. The predicted molar refractivity (Wildman–Crippen MR) is 104 cm³/mol. The number of aliphatic hydroxyl groups excluding tert-OH is 1. The van der Waals surface area contributed by atoms with Crippen LogP contribution in [0.25, 0.3) is 5.76 Å². The van der Waals surface area contributed by atoms with Crippen LogP contribution in [-0.2, 0) is 9.59 Å². The number of carbonyl (C=O) groups is 2. The van der Waals surface area contributed by atoms with E-state index in [1.807, 2.05) is 0 Å². The monoisotopic (exact) mass is 391 g/mol. The standard InChI is InChI=1S/C23H15F2NO3/c24-16-8-6-14(7-9-16)20-19(21(27)15-4-2-1-3-5-15)22(28)23(29)26(20)18-12-10-17(25)11-13-18/h1-13,20,27H/b21-19+. The topological polar surface area (TPSA) is 57.6 Å². The van der Waals surface area contributed by atoms with E-state index >= 15 is 0 Å². The van der Waals surface area contributed by atoms with Gasteiger partial charge in [-0.05, 0) is 42.0 Å². The van der Waals surface area contributed by atoms with Crippen molar-refractivity contribution in [1.29, 1.82) is 0 Å². The van der Waals surface area contributed by atoms with Crippen LogP contribution in [0.2, 0.25) is 0 Å². The van der Waals surface area contributed by atoms with Crippen LogP contribution in [0.4, 0.5) is 14.5 Å². The van der Waals surface area contributed by atoms with E-state index in [-0.39, 0.29) is 17.0 Å². The summed E-state index contributed by atoms with van der Waals surface area (Å²) in [6.07, 6.45) is 0. The molecular weight excluding hydrogens is 376 g/mol. The van der Waals surface area contributed by atoms with Crippen LogP contribution in [0.3, 0.4) is 0 Å². The van der Waals surface area contributed by atoms with E-state index in [0.717, 1.165) is 0 Å². The highest BCUT2D eigenvalue weighted by Gasteiger charge is 2.46. The van der Waals surface area contributed by atoms with Crippen molar-refractivity contribution in [3.63, 3.8) is 0 Å². The Morgan fingerprint density at radius 3 is 1.93 bits per heavy atom. The minimum Gasteiger partial charge on any atom is -0.507 e. The molecule has 0 bridgehead atoms. The molecule has 0 radical (unpaired) electrons. The van der Waals surface area contributed by atoms with Crippen LogP contribution in [0.15, 0.2) is 84.4 Å². The number of aliphatic hydroxyl groups is 1. The van der Waals surface area contributed by atoms with Gasteiger partial charge in [0.05, 0.1) is 11.6 Å². The summed E-state index contributed by atoms with van der Waals surface area (Å²) >= 11 is 0. The molecule has 1 aliphatic rings. The Balaban J connectivity index is 1.94. The molecule has 1 unspecified atom stereocenters. The molecule has 3 aromatic rings. The summed E-state index contributed by atoms with van der Waals surface area (Å²) in [7, 11) is 0. The maximum Gasteiger partial charge on any atom is 0.300 e. The summed E-state index contributed by atoms with van der Waals surface area (Å²) in [4.78, 5) is 26.9. The molecule has 29 heavy (non-hydrogen) atoms. The number of carbonyl (C=O) groups excluding carboxylic acids is 2. The van der Waals surface area contributed by atoms with Gasteiger partial charge in [0.25, 0.3) is 11.7 Å². The summed E-state index contributed by atoms with van der Waals surface area (Å²) in [6.45, 7) is 0. The molecule has 1 aliphatic heterocycles. The molecule has 1 saturated heterocycles. The first-order valence-electron chi connectivity index (χ1n) is 8.85. The van der Waals surface area contributed by atoms with Crippen molar-refractivity contribution in [3.8, 4) is 0 Å².